The van der Waals surface area contributed by atoms with Crippen molar-refractivity contribution < 1.29 is 4.74 Å². The Morgan fingerprint density at radius 1 is 1.21 bits per heavy atom. The van der Waals surface area contributed by atoms with Crippen molar-refractivity contribution in [2.45, 2.75) is 20.0 Å². The maximum absolute atomic E-state index is 6.16. The van der Waals surface area contributed by atoms with E-state index < -0.39 is 0 Å². The third-order valence-electron chi connectivity index (χ3n) is 2.56. The van der Waals surface area contributed by atoms with Crippen LogP contribution in [0.5, 0.6) is 5.75 Å². The SMILES string of the molecule is CCOc1c(Cl)cc(CNCc2cccs2)cc1Cl. The summed E-state index contributed by atoms with van der Waals surface area (Å²) in [5, 5.41) is 6.55. The van der Waals surface area contributed by atoms with Crippen LogP contribution in [0.2, 0.25) is 10.0 Å². The highest BCUT2D eigenvalue weighted by Crippen LogP contribution is 2.34. The Kier molecular flexibility index (Phi) is 5.52. The van der Waals surface area contributed by atoms with Crippen LogP contribution in [-0.2, 0) is 13.1 Å². The predicted octanol–water partition coefficient (Wildman–Crippen LogP) is 4.74. The Balaban J connectivity index is 1.97. The van der Waals surface area contributed by atoms with Crippen LogP contribution in [-0.4, -0.2) is 6.61 Å². The Labute approximate surface area is 127 Å². The first-order valence-corrected chi connectivity index (χ1v) is 7.68. The molecule has 1 heterocycles. The molecule has 0 bridgehead atoms. The lowest BCUT2D eigenvalue weighted by Crippen LogP contribution is -2.11. The zero-order valence-corrected chi connectivity index (χ0v) is 12.9. The van der Waals surface area contributed by atoms with E-state index in [2.05, 4.69) is 16.8 Å². The molecule has 0 aliphatic rings. The van der Waals surface area contributed by atoms with Gasteiger partial charge >= 0.3 is 0 Å². The Hall–Kier alpha value is -0.740. The van der Waals surface area contributed by atoms with Gasteiger partial charge in [-0.25, -0.2) is 0 Å². The summed E-state index contributed by atoms with van der Waals surface area (Å²) in [6.07, 6.45) is 0. The summed E-state index contributed by atoms with van der Waals surface area (Å²) in [6, 6.07) is 7.93. The first-order chi connectivity index (χ1) is 9.20. The van der Waals surface area contributed by atoms with Crippen molar-refractivity contribution in [3.8, 4) is 5.75 Å². The fraction of sp³-hybridized carbons (Fsp3) is 0.286. The number of hydrogen-bond acceptors (Lipinski definition) is 3. The van der Waals surface area contributed by atoms with Crippen LogP contribution in [0, 0.1) is 0 Å². The second kappa shape index (κ2) is 7.15. The molecule has 2 rings (SSSR count). The number of halogens is 2. The normalized spacial score (nSPS) is 10.7. The molecule has 0 unspecified atom stereocenters. The van der Waals surface area contributed by atoms with Crippen molar-refractivity contribution >= 4 is 34.5 Å². The van der Waals surface area contributed by atoms with Crippen LogP contribution in [0.3, 0.4) is 0 Å². The monoisotopic (exact) mass is 315 g/mol. The van der Waals surface area contributed by atoms with Gasteiger partial charge in [-0.05, 0) is 36.1 Å². The van der Waals surface area contributed by atoms with E-state index in [1.54, 1.807) is 11.3 Å². The van der Waals surface area contributed by atoms with Crippen molar-refractivity contribution in [1.82, 2.24) is 5.32 Å². The number of hydrogen-bond donors (Lipinski definition) is 1. The van der Waals surface area contributed by atoms with E-state index in [1.165, 1.54) is 4.88 Å². The topological polar surface area (TPSA) is 21.3 Å². The van der Waals surface area contributed by atoms with Gasteiger partial charge in [0, 0.05) is 18.0 Å². The molecule has 2 nitrogen and oxygen atoms in total. The van der Waals surface area contributed by atoms with Crippen molar-refractivity contribution in [2.24, 2.45) is 0 Å². The van der Waals surface area contributed by atoms with Gasteiger partial charge < -0.3 is 10.1 Å². The minimum absolute atomic E-state index is 0.551. The van der Waals surface area contributed by atoms with E-state index in [9.17, 15) is 0 Å². The lowest BCUT2D eigenvalue weighted by Gasteiger charge is -2.10. The van der Waals surface area contributed by atoms with Crippen LogP contribution in [0.25, 0.3) is 0 Å². The van der Waals surface area contributed by atoms with Gasteiger partial charge in [-0.1, -0.05) is 29.3 Å². The van der Waals surface area contributed by atoms with Gasteiger partial charge in [-0.3, -0.25) is 0 Å². The molecule has 0 saturated heterocycles. The van der Waals surface area contributed by atoms with Gasteiger partial charge in [-0.15, -0.1) is 11.3 Å². The maximum atomic E-state index is 6.16. The second-order valence-corrected chi connectivity index (χ2v) is 5.85. The molecule has 102 valence electrons. The molecule has 1 aromatic heterocycles. The van der Waals surface area contributed by atoms with E-state index in [0.717, 1.165) is 18.7 Å². The van der Waals surface area contributed by atoms with E-state index in [0.29, 0.717) is 22.4 Å². The van der Waals surface area contributed by atoms with Gasteiger partial charge in [0.05, 0.1) is 16.7 Å². The molecular weight excluding hydrogens is 301 g/mol. The predicted molar refractivity (Wildman–Crippen MR) is 82.5 cm³/mol. The summed E-state index contributed by atoms with van der Waals surface area (Å²) in [7, 11) is 0. The molecule has 1 N–H and O–H groups in total. The minimum Gasteiger partial charge on any atom is -0.491 e. The molecule has 0 aliphatic carbocycles. The summed E-state index contributed by atoms with van der Waals surface area (Å²) >= 11 is 14.1. The molecule has 0 atom stereocenters. The van der Waals surface area contributed by atoms with Gasteiger partial charge in [0.25, 0.3) is 0 Å². The van der Waals surface area contributed by atoms with Crippen LogP contribution in [0.15, 0.2) is 29.6 Å². The highest BCUT2D eigenvalue weighted by Gasteiger charge is 2.09. The number of rotatable bonds is 6. The summed E-state index contributed by atoms with van der Waals surface area (Å²) in [6.45, 7) is 4.03. The lowest BCUT2D eigenvalue weighted by atomic mass is 10.2. The zero-order valence-electron chi connectivity index (χ0n) is 10.6. The smallest absolute Gasteiger partial charge is 0.156 e. The Morgan fingerprint density at radius 2 is 1.95 bits per heavy atom. The molecule has 0 saturated carbocycles. The summed E-state index contributed by atoms with van der Waals surface area (Å²) < 4.78 is 5.40. The van der Waals surface area contributed by atoms with E-state index in [4.69, 9.17) is 27.9 Å². The Bertz CT molecular complexity index is 505. The summed E-state index contributed by atoms with van der Waals surface area (Å²) in [5.41, 5.74) is 1.05. The first-order valence-electron chi connectivity index (χ1n) is 6.04. The quantitative estimate of drug-likeness (QED) is 0.831. The number of benzene rings is 1. The largest absolute Gasteiger partial charge is 0.491 e. The highest BCUT2D eigenvalue weighted by molar-refractivity contribution is 7.09. The van der Waals surface area contributed by atoms with Crippen LogP contribution in [0.1, 0.15) is 17.4 Å². The van der Waals surface area contributed by atoms with E-state index in [1.807, 2.05) is 25.1 Å². The summed E-state index contributed by atoms with van der Waals surface area (Å²) in [4.78, 5) is 1.31. The van der Waals surface area contributed by atoms with Crippen molar-refractivity contribution in [3.05, 3.63) is 50.1 Å². The minimum atomic E-state index is 0.551. The van der Waals surface area contributed by atoms with E-state index >= 15 is 0 Å². The fourth-order valence-electron chi connectivity index (χ4n) is 1.74. The molecule has 0 fully saturated rings. The molecule has 0 spiro atoms. The maximum Gasteiger partial charge on any atom is 0.156 e. The molecule has 19 heavy (non-hydrogen) atoms. The fourth-order valence-corrected chi connectivity index (χ4v) is 3.06. The average Bonchev–Trinajstić information content (AvgIpc) is 2.87. The highest BCUT2D eigenvalue weighted by atomic mass is 35.5. The van der Waals surface area contributed by atoms with Crippen LogP contribution in [0.4, 0.5) is 0 Å². The van der Waals surface area contributed by atoms with Crippen LogP contribution >= 0.6 is 34.5 Å². The first kappa shape index (κ1) is 14.7. The molecule has 0 aliphatic heterocycles. The van der Waals surface area contributed by atoms with E-state index in [-0.39, 0.29) is 0 Å². The second-order valence-electron chi connectivity index (χ2n) is 4.00. The van der Waals surface area contributed by atoms with Crippen molar-refractivity contribution in [1.29, 1.82) is 0 Å². The molecule has 0 amide bonds. The Morgan fingerprint density at radius 3 is 2.53 bits per heavy atom. The zero-order chi connectivity index (χ0) is 13.7. The van der Waals surface area contributed by atoms with Crippen molar-refractivity contribution in [3.63, 3.8) is 0 Å². The molecule has 1 aromatic carbocycles. The lowest BCUT2D eigenvalue weighted by molar-refractivity contribution is 0.340. The standard InChI is InChI=1S/C14H15Cl2NOS/c1-2-18-14-12(15)6-10(7-13(14)16)8-17-9-11-4-3-5-19-11/h3-7,17H,2,8-9H2,1H3. The third kappa shape index (κ3) is 4.11. The molecular formula is C14H15Cl2NOS. The van der Waals surface area contributed by atoms with Gasteiger partial charge in [-0.2, -0.15) is 0 Å². The van der Waals surface area contributed by atoms with Gasteiger partial charge in [0.15, 0.2) is 5.75 Å². The number of nitrogens with one attached hydrogen (secondary N) is 1. The third-order valence-corrected chi connectivity index (χ3v) is 3.99. The molecule has 5 heteroatoms. The van der Waals surface area contributed by atoms with Crippen LogP contribution < -0.4 is 10.1 Å². The summed E-state index contributed by atoms with van der Waals surface area (Å²) in [5.74, 6) is 0.563. The number of ether oxygens (including phenoxy) is 1. The average molecular weight is 316 g/mol. The molecule has 0 radical (unpaired) electrons. The van der Waals surface area contributed by atoms with Gasteiger partial charge in [0.1, 0.15) is 0 Å². The molecule has 2 aromatic rings. The number of thiophene rings is 1. The van der Waals surface area contributed by atoms with Crippen molar-refractivity contribution in [2.75, 3.05) is 6.61 Å². The van der Waals surface area contributed by atoms with Gasteiger partial charge in [0.2, 0.25) is 0 Å².